The van der Waals surface area contributed by atoms with E-state index in [0.717, 1.165) is 17.3 Å². The van der Waals surface area contributed by atoms with Gasteiger partial charge in [-0.3, -0.25) is 10.2 Å². The quantitative estimate of drug-likeness (QED) is 0.817. The molecule has 1 aliphatic rings. The Hall–Kier alpha value is -1.95. The van der Waals surface area contributed by atoms with E-state index < -0.39 is 0 Å². The Labute approximate surface area is 109 Å². The lowest BCUT2D eigenvalue weighted by Gasteiger charge is -2.07. The van der Waals surface area contributed by atoms with Crippen molar-refractivity contribution in [2.45, 2.75) is 0 Å². The second kappa shape index (κ2) is 5.14. The first-order valence-corrected chi connectivity index (χ1v) is 5.97. The molecule has 2 N–H and O–H groups in total. The van der Waals surface area contributed by atoms with Gasteiger partial charge in [0.05, 0.1) is 19.1 Å². The Bertz CT molecular complexity index is 540. The first kappa shape index (κ1) is 12.5. The molecule has 0 aromatic heterocycles. The highest BCUT2D eigenvalue weighted by molar-refractivity contribution is 8.18. The van der Waals surface area contributed by atoms with Crippen LogP contribution in [0.1, 0.15) is 5.56 Å². The molecule has 0 atom stereocenters. The van der Waals surface area contributed by atoms with Gasteiger partial charge >= 0.3 is 0 Å². The first-order chi connectivity index (χ1) is 8.63. The average molecular weight is 264 g/mol. The average Bonchev–Trinajstić information content (AvgIpc) is 2.68. The summed E-state index contributed by atoms with van der Waals surface area (Å²) in [6, 6.07) is 5.34. The molecule has 1 aromatic carbocycles. The molecule has 0 aliphatic carbocycles. The number of carbonyl (C=O) groups excluding carboxylic acids is 1. The van der Waals surface area contributed by atoms with Crippen molar-refractivity contribution in [3.05, 3.63) is 28.7 Å². The Morgan fingerprint density at radius 1 is 1.33 bits per heavy atom. The lowest BCUT2D eigenvalue weighted by molar-refractivity contribution is -0.115. The fraction of sp³-hybridized carbons (Fsp3) is 0.167. The highest BCUT2D eigenvalue weighted by Gasteiger charge is 2.22. The summed E-state index contributed by atoms with van der Waals surface area (Å²) in [5.41, 5.74) is 0.769. The van der Waals surface area contributed by atoms with E-state index in [-0.39, 0.29) is 11.1 Å². The maximum atomic E-state index is 11.5. The van der Waals surface area contributed by atoms with E-state index >= 15 is 0 Å². The molecule has 18 heavy (non-hydrogen) atoms. The van der Waals surface area contributed by atoms with Crippen molar-refractivity contribution in [1.82, 2.24) is 5.32 Å². The SMILES string of the molecule is COc1ccc(/C=C2\SC(=N)NC2=O)c(OC)c1. The molecule has 1 aliphatic heterocycles. The molecule has 5 nitrogen and oxygen atoms in total. The largest absolute Gasteiger partial charge is 0.497 e. The third-order valence-corrected chi connectivity index (χ3v) is 3.22. The van der Waals surface area contributed by atoms with Crippen molar-refractivity contribution in [3.63, 3.8) is 0 Å². The predicted octanol–water partition coefficient (Wildman–Crippen LogP) is 1.84. The number of benzene rings is 1. The fourth-order valence-electron chi connectivity index (χ4n) is 1.52. The monoisotopic (exact) mass is 264 g/mol. The molecule has 94 valence electrons. The molecule has 1 fully saturated rings. The van der Waals surface area contributed by atoms with Crippen LogP contribution < -0.4 is 14.8 Å². The van der Waals surface area contributed by atoms with E-state index in [9.17, 15) is 4.79 Å². The molecule has 0 unspecified atom stereocenters. The van der Waals surface area contributed by atoms with Gasteiger partial charge in [0.25, 0.3) is 5.91 Å². The van der Waals surface area contributed by atoms with Crippen molar-refractivity contribution in [3.8, 4) is 11.5 Å². The number of rotatable bonds is 3. The van der Waals surface area contributed by atoms with Crippen LogP contribution in [0.2, 0.25) is 0 Å². The summed E-state index contributed by atoms with van der Waals surface area (Å²) in [6.45, 7) is 0. The number of hydrogen-bond acceptors (Lipinski definition) is 5. The Morgan fingerprint density at radius 2 is 2.11 bits per heavy atom. The smallest absolute Gasteiger partial charge is 0.264 e. The summed E-state index contributed by atoms with van der Waals surface area (Å²) < 4.78 is 10.3. The molecule has 1 aromatic rings. The van der Waals surface area contributed by atoms with Gasteiger partial charge in [0, 0.05) is 11.6 Å². The van der Waals surface area contributed by atoms with Crippen LogP contribution in [-0.4, -0.2) is 25.3 Å². The summed E-state index contributed by atoms with van der Waals surface area (Å²) >= 11 is 1.09. The van der Waals surface area contributed by atoms with E-state index in [0.29, 0.717) is 16.4 Å². The van der Waals surface area contributed by atoms with Gasteiger partial charge in [-0.2, -0.15) is 0 Å². The van der Waals surface area contributed by atoms with Crippen molar-refractivity contribution in [2.24, 2.45) is 0 Å². The molecule has 0 bridgehead atoms. The summed E-state index contributed by atoms with van der Waals surface area (Å²) in [4.78, 5) is 12.0. The number of nitrogens with one attached hydrogen (secondary N) is 2. The molecule has 0 spiro atoms. The second-order valence-electron chi connectivity index (χ2n) is 3.50. The van der Waals surface area contributed by atoms with Gasteiger partial charge in [-0.15, -0.1) is 0 Å². The number of thioether (sulfide) groups is 1. The fourth-order valence-corrected chi connectivity index (χ4v) is 2.21. The van der Waals surface area contributed by atoms with Gasteiger partial charge in [0.15, 0.2) is 5.17 Å². The maximum Gasteiger partial charge on any atom is 0.264 e. The molecular formula is C12H12N2O3S. The number of carbonyl (C=O) groups is 1. The summed E-state index contributed by atoms with van der Waals surface area (Å²) in [5.74, 6) is 1.04. The van der Waals surface area contributed by atoms with Gasteiger partial charge in [-0.25, -0.2) is 0 Å². The number of ether oxygens (including phenoxy) is 2. The van der Waals surface area contributed by atoms with Crippen LogP contribution in [0.4, 0.5) is 0 Å². The zero-order valence-corrected chi connectivity index (χ0v) is 10.8. The van der Waals surface area contributed by atoms with Crippen molar-refractivity contribution in [2.75, 3.05) is 14.2 Å². The lowest BCUT2D eigenvalue weighted by atomic mass is 10.1. The summed E-state index contributed by atoms with van der Waals surface area (Å²) in [5, 5.41) is 9.94. The van der Waals surface area contributed by atoms with Gasteiger partial charge in [0.2, 0.25) is 0 Å². The molecular weight excluding hydrogens is 252 g/mol. The normalized spacial score (nSPS) is 16.9. The van der Waals surface area contributed by atoms with Crippen LogP contribution in [0, 0.1) is 5.41 Å². The van der Waals surface area contributed by atoms with Crippen LogP contribution in [0.15, 0.2) is 23.1 Å². The molecule has 6 heteroatoms. The van der Waals surface area contributed by atoms with E-state index in [1.807, 2.05) is 0 Å². The molecule has 0 saturated carbocycles. The first-order valence-electron chi connectivity index (χ1n) is 5.15. The van der Waals surface area contributed by atoms with Gasteiger partial charge < -0.3 is 14.8 Å². The van der Waals surface area contributed by atoms with Crippen LogP contribution in [0.5, 0.6) is 11.5 Å². The number of amidine groups is 1. The highest BCUT2D eigenvalue weighted by Crippen LogP contribution is 2.30. The maximum absolute atomic E-state index is 11.5. The lowest BCUT2D eigenvalue weighted by Crippen LogP contribution is -2.18. The van der Waals surface area contributed by atoms with Crippen LogP contribution in [0.25, 0.3) is 6.08 Å². The summed E-state index contributed by atoms with van der Waals surface area (Å²) in [7, 11) is 3.13. The van der Waals surface area contributed by atoms with Crippen molar-refractivity contribution >= 4 is 28.9 Å². The van der Waals surface area contributed by atoms with E-state index in [1.54, 1.807) is 38.5 Å². The number of amides is 1. The third kappa shape index (κ3) is 2.48. The Balaban J connectivity index is 2.37. The molecule has 1 heterocycles. The zero-order chi connectivity index (χ0) is 13.1. The third-order valence-electron chi connectivity index (χ3n) is 2.39. The number of methoxy groups -OCH3 is 2. The molecule has 1 saturated heterocycles. The van der Waals surface area contributed by atoms with Gasteiger partial charge in [-0.05, 0) is 30.0 Å². The Morgan fingerprint density at radius 3 is 2.67 bits per heavy atom. The minimum Gasteiger partial charge on any atom is -0.497 e. The van der Waals surface area contributed by atoms with Crippen molar-refractivity contribution < 1.29 is 14.3 Å². The van der Waals surface area contributed by atoms with Crippen LogP contribution >= 0.6 is 11.8 Å². The highest BCUT2D eigenvalue weighted by atomic mass is 32.2. The second-order valence-corrected chi connectivity index (χ2v) is 4.55. The van der Waals surface area contributed by atoms with E-state index in [4.69, 9.17) is 14.9 Å². The standard InChI is InChI=1S/C12H12N2O3S/c1-16-8-4-3-7(9(6-8)17-2)5-10-11(15)14-12(13)18-10/h3-6H,1-2H3,(H2,13,14,15)/b10-5-. The van der Waals surface area contributed by atoms with E-state index in [2.05, 4.69) is 5.32 Å². The number of hydrogen-bond donors (Lipinski definition) is 2. The van der Waals surface area contributed by atoms with Crippen LogP contribution in [0.3, 0.4) is 0 Å². The Kier molecular flexibility index (Phi) is 3.57. The van der Waals surface area contributed by atoms with E-state index in [1.165, 1.54) is 0 Å². The molecule has 1 amide bonds. The topological polar surface area (TPSA) is 71.4 Å². The molecule has 0 radical (unpaired) electrons. The minimum absolute atomic E-state index is 0.138. The van der Waals surface area contributed by atoms with Gasteiger partial charge in [0.1, 0.15) is 11.5 Å². The van der Waals surface area contributed by atoms with Crippen molar-refractivity contribution in [1.29, 1.82) is 5.41 Å². The zero-order valence-electron chi connectivity index (χ0n) is 9.94. The van der Waals surface area contributed by atoms with Crippen LogP contribution in [-0.2, 0) is 4.79 Å². The predicted molar refractivity (Wildman–Crippen MR) is 71.0 cm³/mol. The molecule has 2 rings (SSSR count). The van der Waals surface area contributed by atoms with Gasteiger partial charge in [-0.1, -0.05) is 0 Å². The summed E-state index contributed by atoms with van der Waals surface area (Å²) in [6.07, 6.45) is 1.69. The minimum atomic E-state index is -0.261.